The van der Waals surface area contributed by atoms with Gasteiger partial charge in [0.15, 0.2) is 0 Å². The topological polar surface area (TPSA) is 145 Å². The van der Waals surface area contributed by atoms with E-state index < -0.39 is 22.4 Å². The molecule has 2 aliphatic heterocycles. The van der Waals surface area contributed by atoms with E-state index in [0.717, 1.165) is 16.6 Å². The van der Waals surface area contributed by atoms with Crippen molar-refractivity contribution < 1.29 is 24.5 Å². The van der Waals surface area contributed by atoms with Crippen LogP contribution >= 0.6 is 0 Å². The summed E-state index contributed by atoms with van der Waals surface area (Å²) in [5, 5.41) is 28.2. The van der Waals surface area contributed by atoms with E-state index in [1.54, 1.807) is 17.0 Å². The van der Waals surface area contributed by atoms with Crippen LogP contribution in [0.4, 0.5) is 5.69 Å². The van der Waals surface area contributed by atoms with Crippen LogP contribution in [0.2, 0.25) is 0 Å². The summed E-state index contributed by atoms with van der Waals surface area (Å²) in [5.41, 5.74) is 2.19. The van der Waals surface area contributed by atoms with Crippen LogP contribution in [-0.4, -0.2) is 110 Å². The second-order valence-corrected chi connectivity index (χ2v) is 11.9. The zero-order valence-electron chi connectivity index (χ0n) is 21.9. The molecule has 11 nitrogen and oxygen atoms in total. The predicted molar refractivity (Wildman–Crippen MR) is 148 cm³/mol. The Morgan fingerprint density at radius 2 is 1.93 bits per heavy atom. The summed E-state index contributed by atoms with van der Waals surface area (Å²) >= 11 is -0.470. The fourth-order valence-electron chi connectivity index (χ4n) is 4.76. The van der Waals surface area contributed by atoms with E-state index in [4.69, 9.17) is 14.6 Å². The quantitative estimate of drug-likeness (QED) is 0.326. The van der Waals surface area contributed by atoms with Gasteiger partial charge in [0.05, 0.1) is 0 Å². The van der Waals surface area contributed by atoms with Crippen LogP contribution in [0.5, 0.6) is 5.75 Å². The molecule has 12 heteroatoms. The minimum atomic E-state index is -0.486. The Morgan fingerprint density at radius 1 is 1.12 bits per heavy atom. The molecule has 2 fully saturated rings. The van der Waals surface area contributed by atoms with E-state index in [0.29, 0.717) is 66.4 Å². The van der Waals surface area contributed by atoms with Crippen molar-refractivity contribution >= 4 is 36.3 Å². The number of rotatable bonds is 8. The van der Waals surface area contributed by atoms with Crippen LogP contribution in [0.1, 0.15) is 18.4 Å². The van der Waals surface area contributed by atoms with Crippen molar-refractivity contribution in [2.24, 2.45) is 0 Å². The summed E-state index contributed by atoms with van der Waals surface area (Å²) in [5.74, 6) is 0.713. The summed E-state index contributed by atoms with van der Waals surface area (Å²) in [6.07, 6.45) is 2.50. The summed E-state index contributed by atoms with van der Waals surface area (Å²) in [6, 6.07) is 15.9. The number of morpholine rings is 1. The number of hydrogen-bond acceptors (Lipinski definition) is 10. The molecule has 1 radical (unpaired) electrons. The Morgan fingerprint density at radius 3 is 2.65 bits per heavy atom. The second-order valence-electron chi connectivity index (χ2n) is 9.54. The first-order chi connectivity index (χ1) is 19.6. The summed E-state index contributed by atoms with van der Waals surface area (Å²) in [7, 11) is 0. The molecule has 3 aromatic rings. The normalized spacial score (nSPS) is 18.2. The number of carbonyl (C=O) groups excluding carboxylic acids is 1. The molecule has 0 saturated carbocycles. The van der Waals surface area contributed by atoms with Gasteiger partial charge < -0.3 is 5.11 Å². The Balaban J connectivity index is 1.23. The van der Waals surface area contributed by atoms with Gasteiger partial charge in [0, 0.05) is 0 Å². The van der Waals surface area contributed by atoms with Gasteiger partial charge in [-0.15, -0.1) is 0 Å². The molecule has 207 valence electrons. The van der Waals surface area contributed by atoms with Gasteiger partial charge in [-0.25, -0.2) is 0 Å². The molecule has 2 saturated heterocycles. The molecule has 1 amide bonds. The third-order valence-corrected chi connectivity index (χ3v) is 8.97. The molecule has 0 aliphatic carbocycles. The summed E-state index contributed by atoms with van der Waals surface area (Å²) < 4.78 is 13.5. The number of amides is 1. The monoisotopic (exact) mass is 605 g/mol. The van der Waals surface area contributed by atoms with Crippen LogP contribution < -0.4 is 18.6 Å². The number of carbonyl (C=O) groups is 1. The predicted octanol–water partition coefficient (Wildman–Crippen LogP) is -0.375. The number of nitrogens with zero attached hydrogens (tertiary/aromatic N) is 6. The van der Waals surface area contributed by atoms with E-state index in [9.17, 15) is 15.2 Å². The molecule has 2 aromatic carbocycles. The Kier molecular flexibility index (Phi) is 9.24. The van der Waals surface area contributed by atoms with Gasteiger partial charge in [0.25, 0.3) is 0 Å². The van der Waals surface area contributed by atoms with Crippen LogP contribution in [0, 0.1) is 11.3 Å². The molecule has 2 aliphatic rings. The number of anilines is 1. The number of benzene rings is 2. The van der Waals surface area contributed by atoms with Crippen molar-refractivity contribution in [3.05, 3.63) is 54.4 Å². The fraction of sp³-hybridized carbons (Fsp3) is 0.393. The average Bonchev–Trinajstić information content (AvgIpc) is 3.01. The van der Waals surface area contributed by atoms with Gasteiger partial charge in [-0.05, 0) is 0 Å². The van der Waals surface area contributed by atoms with Crippen molar-refractivity contribution in [3.63, 3.8) is 0 Å². The molecular formula is C28H30AsN6O5. The maximum atomic E-state index is 11.7. The van der Waals surface area contributed by atoms with Crippen LogP contribution in [-0.2, 0) is 9.53 Å². The molecular weight excluding hydrogens is 575 g/mol. The first-order valence-electron chi connectivity index (χ1n) is 13.1. The van der Waals surface area contributed by atoms with Crippen molar-refractivity contribution in [1.82, 2.24) is 19.9 Å². The molecule has 3 heterocycles. The number of aliphatic hydroxyl groups is 2. The third-order valence-electron chi connectivity index (χ3n) is 6.93. The molecule has 40 heavy (non-hydrogen) atoms. The van der Waals surface area contributed by atoms with E-state index in [-0.39, 0.29) is 24.7 Å². The Hall–Kier alpha value is -3.55. The van der Waals surface area contributed by atoms with E-state index in [1.165, 1.54) is 6.33 Å². The number of aliphatic hydroxyl groups excluding tert-OH is 2. The molecule has 0 unspecified atom stereocenters. The summed E-state index contributed by atoms with van der Waals surface area (Å²) in [4.78, 5) is 28.9. The van der Waals surface area contributed by atoms with E-state index >= 15 is 0 Å². The second kappa shape index (κ2) is 13.2. The summed E-state index contributed by atoms with van der Waals surface area (Å²) in [6.45, 7) is 2.61. The molecule has 5 rings (SSSR count). The van der Waals surface area contributed by atoms with E-state index in [1.807, 2.05) is 6.07 Å². The number of hydrogen-bond donors (Lipinski definition) is 2. The fourth-order valence-corrected chi connectivity index (χ4v) is 6.40. The average molecular weight is 606 g/mol. The minimum absolute atomic E-state index is 0.0151. The van der Waals surface area contributed by atoms with Crippen molar-refractivity contribution in [2.45, 2.75) is 25.0 Å². The van der Waals surface area contributed by atoms with Crippen LogP contribution in [0.15, 0.2) is 48.8 Å². The molecule has 0 spiro atoms. The van der Waals surface area contributed by atoms with Crippen LogP contribution in [0.25, 0.3) is 11.4 Å². The first kappa shape index (κ1) is 28.0. The SMILES string of the molecule is N#Cc1cc(-c2ncnc([As]c3ccc(N4CCO[C@@H](CO)C4)cc3)n2)ccc1OC1CCN(C(=O)CO)CC1. The maximum absolute atomic E-state index is 11.7. The van der Waals surface area contributed by atoms with Crippen LogP contribution in [0.3, 0.4) is 0 Å². The number of aromatic nitrogens is 3. The van der Waals surface area contributed by atoms with Crippen molar-refractivity contribution in [3.8, 4) is 23.2 Å². The van der Waals surface area contributed by atoms with E-state index in [2.05, 4.69) is 50.2 Å². The number of likely N-dealkylation sites (tertiary alicyclic amines) is 1. The third kappa shape index (κ3) is 6.77. The standard InChI is InChI=1S/C28H30AsN6O5/c30-14-20-13-19(1-6-25(20)40-23-7-9-34(10-8-23)26(38)17-37)27-31-18-32-28(33-27)29-21-2-4-22(5-3-21)35-11-12-39-24(15-35)16-36/h1-6,13,18,23-24,36-37H,7-12,15-17H2/t24-/m1/s1. The van der Waals surface area contributed by atoms with Gasteiger partial charge in [-0.2, -0.15) is 0 Å². The first-order valence-corrected chi connectivity index (χ1v) is 15.0. The van der Waals surface area contributed by atoms with Gasteiger partial charge in [0.2, 0.25) is 5.91 Å². The Bertz CT molecular complexity index is 1360. The van der Waals surface area contributed by atoms with Gasteiger partial charge in [0.1, 0.15) is 6.61 Å². The molecule has 1 aromatic heterocycles. The van der Waals surface area contributed by atoms with Gasteiger partial charge in [-0.3, -0.25) is 4.79 Å². The van der Waals surface area contributed by atoms with Crippen molar-refractivity contribution in [2.75, 3.05) is 50.9 Å². The number of ether oxygens (including phenoxy) is 2. The number of piperidine rings is 1. The number of nitriles is 1. The van der Waals surface area contributed by atoms with Gasteiger partial charge >= 0.3 is 217 Å². The Labute approximate surface area is 239 Å². The molecule has 2 N–H and O–H groups in total. The zero-order valence-corrected chi connectivity index (χ0v) is 23.8. The van der Waals surface area contributed by atoms with Gasteiger partial charge in [-0.1, -0.05) is 0 Å². The molecule has 1 atom stereocenters. The van der Waals surface area contributed by atoms with Crippen molar-refractivity contribution in [1.29, 1.82) is 5.26 Å². The zero-order chi connectivity index (χ0) is 27.9. The molecule has 0 bridgehead atoms.